The van der Waals surface area contributed by atoms with Gasteiger partial charge in [-0.25, -0.2) is 0 Å². The minimum absolute atomic E-state index is 0.380. The molecule has 1 fully saturated rings. The first kappa shape index (κ1) is 13.8. The van der Waals surface area contributed by atoms with Crippen LogP contribution in [0.3, 0.4) is 0 Å². The molecule has 0 saturated carbocycles. The number of benzene rings is 1. The van der Waals surface area contributed by atoms with E-state index in [1.165, 1.54) is 11.3 Å². The Hall–Kier alpha value is -2.14. The monoisotopic (exact) mass is 284 g/mol. The molecule has 0 spiro atoms. The van der Waals surface area contributed by atoms with Crippen LogP contribution in [0.5, 0.6) is 0 Å². The second kappa shape index (κ2) is 5.33. The third-order valence-electron chi connectivity index (χ3n) is 3.97. The van der Waals surface area contributed by atoms with Gasteiger partial charge in [-0.1, -0.05) is 12.1 Å². The third kappa shape index (κ3) is 2.83. The van der Waals surface area contributed by atoms with Crippen molar-refractivity contribution in [1.29, 1.82) is 0 Å². The van der Waals surface area contributed by atoms with E-state index in [4.69, 9.17) is 5.73 Å². The molecular formula is C16H20N4O. The van der Waals surface area contributed by atoms with Crippen molar-refractivity contribution in [1.82, 2.24) is 14.7 Å². The van der Waals surface area contributed by atoms with Gasteiger partial charge in [-0.15, -0.1) is 0 Å². The van der Waals surface area contributed by atoms with Crippen LogP contribution in [0.4, 0.5) is 0 Å². The Morgan fingerprint density at radius 1 is 1.29 bits per heavy atom. The Morgan fingerprint density at radius 3 is 2.48 bits per heavy atom. The molecule has 5 nitrogen and oxygen atoms in total. The SMILES string of the molecule is Cc1cc(C)n(C2CN(Cc3ccc(C(N)=O)cc3)C2)n1. The fraction of sp³-hybridized carbons (Fsp3) is 0.375. The Bertz CT molecular complexity index is 653. The van der Waals surface area contributed by atoms with Gasteiger partial charge in [-0.2, -0.15) is 5.10 Å². The highest BCUT2D eigenvalue weighted by atomic mass is 16.1. The molecule has 1 aromatic heterocycles. The quantitative estimate of drug-likeness (QED) is 0.928. The molecule has 1 aromatic carbocycles. The summed E-state index contributed by atoms with van der Waals surface area (Å²) in [6.07, 6.45) is 0. The molecule has 1 saturated heterocycles. The largest absolute Gasteiger partial charge is 0.366 e. The second-order valence-corrected chi connectivity index (χ2v) is 5.78. The van der Waals surface area contributed by atoms with Crippen molar-refractivity contribution in [2.45, 2.75) is 26.4 Å². The molecule has 1 amide bonds. The Labute approximate surface area is 124 Å². The molecular weight excluding hydrogens is 264 g/mol. The summed E-state index contributed by atoms with van der Waals surface area (Å²) in [5, 5.41) is 4.54. The number of carbonyl (C=O) groups is 1. The molecule has 0 radical (unpaired) electrons. The van der Waals surface area contributed by atoms with Gasteiger partial charge in [0.15, 0.2) is 0 Å². The fourth-order valence-electron chi connectivity index (χ4n) is 2.87. The van der Waals surface area contributed by atoms with Crippen molar-refractivity contribution >= 4 is 5.91 Å². The van der Waals surface area contributed by atoms with Gasteiger partial charge in [0.05, 0.1) is 11.7 Å². The van der Waals surface area contributed by atoms with Gasteiger partial charge in [0.25, 0.3) is 0 Å². The van der Waals surface area contributed by atoms with Crippen molar-refractivity contribution in [3.05, 3.63) is 52.8 Å². The number of hydrogen-bond donors (Lipinski definition) is 1. The predicted molar refractivity (Wildman–Crippen MR) is 81.0 cm³/mol. The van der Waals surface area contributed by atoms with E-state index in [9.17, 15) is 4.79 Å². The zero-order valence-corrected chi connectivity index (χ0v) is 12.4. The average Bonchev–Trinajstić information content (AvgIpc) is 2.72. The first-order chi connectivity index (χ1) is 10.0. The minimum Gasteiger partial charge on any atom is -0.366 e. The van der Waals surface area contributed by atoms with Gasteiger partial charge < -0.3 is 5.73 Å². The summed E-state index contributed by atoms with van der Waals surface area (Å²) in [7, 11) is 0. The van der Waals surface area contributed by atoms with E-state index in [1.807, 2.05) is 19.1 Å². The summed E-state index contributed by atoms with van der Waals surface area (Å²) < 4.78 is 2.13. The summed E-state index contributed by atoms with van der Waals surface area (Å²) in [4.78, 5) is 13.4. The lowest BCUT2D eigenvalue weighted by Crippen LogP contribution is -2.47. The molecule has 0 atom stereocenters. The molecule has 110 valence electrons. The van der Waals surface area contributed by atoms with Gasteiger partial charge in [0, 0.05) is 30.9 Å². The second-order valence-electron chi connectivity index (χ2n) is 5.78. The lowest BCUT2D eigenvalue weighted by Gasteiger charge is -2.39. The molecule has 21 heavy (non-hydrogen) atoms. The van der Waals surface area contributed by atoms with Gasteiger partial charge in [0.1, 0.15) is 0 Å². The maximum atomic E-state index is 11.0. The standard InChI is InChI=1S/C16H20N4O/c1-11-7-12(2)20(18-11)15-9-19(10-15)8-13-3-5-14(6-4-13)16(17)21/h3-7,15H,8-10H2,1-2H3,(H2,17,21). The number of aromatic nitrogens is 2. The van der Waals surface area contributed by atoms with E-state index in [-0.39, 0.29) is 5.91 Å². The highest BCUT2D eigenvalue weighted by Crippen LogP contribution is 2.24. The first-order valence-corrected chi connectivity index (χ1v) is 7.17. The Morgan fingerprint density at radius 2 is 1.95 bits per heavy atom. The number of hydrogen-bond acceptors (Lipinski definition) is 3. The maximum Gasteiger partial charge on any atom is 0.248 e. The fourth-order valence-corrected chi connectivity index (χ4v) is 2.87. The van der Waals surface area contributed by atoms with Gasteiger partial charge >= 0.3 is 0 Å². The lowest BCUT2D eigenvalue weighted by atomic mass is 10.1. The molecule has 3 rings (SSSR count). The first-order valence-electron chi connectivity index (χ1n) is 7.17. The Balaban J connectivity index is 1.57. The summed E-state index contributed by atoms with van der Waals surface area (Å²) >= 11 is 0. The smallest absolute Gasteiger partial charge is 0.248 e. The van der Waals surface area contributed by atoms with Crippen LogP contribution in [0.15, 0.2) is 30.3 Å². The number of nitrogens with two attached hydrogens (primary N) is 1. The van der Waals surface area contributed by atoms with Crippen molar-refractivity contribution in [2.24, 2.45) is 5.73 Å². The van der Waals surface area contributed by atoms with E-state index < -0.39 is 0 Å². The van der Waals surface area contributed by atoms with E-state index in [0.29, 0.717) is 11.6 Å². The van der Waals surface area contributed by atoms with Gasteiger partial charge in [0.2, 0.25) is 5.91 Å². The van der Waals surface area contributed by atoms with Crippen LogP contribution in [0.1, 0.15) is 33.4 Å². The molecule has 2 N–H and O–H groups in total. The highest BCUT2D eigenvalue weighted by Gasteiger charge is 2.29. The van der Waals surface area contributed by atoms with Gasteiger partial charge in [-0.3, -0.25) is 14.4 Å². The number of rotatable bonds is 4. The van der Waals surface area contributed by atoms with Crippen molar-refractivity contribution < 1.29 is 4.79 Å². The van der Waals surface area contributed by atoms with E-state index >= 15 is 0 Å². The summed E-state index contributed by atoms with van der Waals surface area (Å²) in [6, 6.07) is 10.1. The topological polar surface area (TPSA) is 64.2 Å². The molecule has 0 aliphatic carbocycles. The Kier molecular flexibility index (Phi) is 3.51. The molecule has 1 aliphatic heterocycles. The van der Waals surface area contributed by atoms with Crippen LogP contribution < -0.4 is 5.73 Å². The summed E-state index contributed by atoms with van der Waals surface area (Å²) in [6.45, 7) is 7.05. The average molecular weight is 284 g/mol. The number of nitrogens with zero attached hydrogens (tertiary/aromatic N) is 3. The van der Waals surface area contributed by atoms with Crippen molar-refractivity contribution in [3.8, 4) is 0 Å². The highest BCUT2D eigenvalue weighted by molar-refractivity contribution is 5.92. The molecule has 2 heterocycles. The van der Waals surface area contributed by atoms with E-state index in [0.717, 1.165) is 25.3 Å². The van der Waals surface area contributed by atoms with Crippen molar-refractivity contribution in [3.63, 3.8) is 0 Å². The third-order valence-corrected chi connectivity index (χ3v) is 3.97. The molecule has 5 heteroatoms. The lowest BCUT2D eigenvalue weighted by molar-refractivity contribution is 0.0893. The van der Waals surface area contributed by atoms with Crippen molar-refractivity contribution in [2.75, 3.05) is 13.1 Å². The van der Waals surface area contributed by atoms with E-state index in [2.05, 4.69) is 27.7 Å². The van der Waals surface area contributed by atoms with Crippen LogP contribution >= 0.6 is 0 Å². The summed E-state index contributed by atoms with van der Waals surface area (Å²) in [5.41, 5.74) is 9.30. The number of aryl methyl sites for hydroxylation is 2. The van der Waals surface area contributed by atoms with E-state index in [1.54, 1.807) is 12.1 Å². The number of primary amides is 1. The number of amides is 1. The number of carbonyl (C=O) groups excluding carboxylic acids is 1. The predicted octanol–water partition coefficient (Wildman–Crippen LogP) is 1.66. The molecule has 0 unspecified atom stereocenters. The zero-order valence-electron chi connectivity index (χ0n) is 12.4. The molecule has 1 aliphatic rings. The molecule has 2 aromatic rings. The van der Waals surface area contributed by atoms with Crippen LogP contribution in [-0.4, -0.2) is 33.7 Å². The van der Waals surface area contributed by atoms with Crippen LogP contribution in [0.25, 0.3) is 0 Å². The number of likely N-dealkylation sites (tertiary alicyclic amines) is 1. The maximum absolute atomic E-state index is 11.0. The minimum atomic E-state index is -0.380. The normalized spacial score (nSPS) is 15.9. The van der Waals surface area contributed by atoms with Crippen LogP contribution in [0, 0.1) is 13.8 Å². The zero-order chi connectivity index (χ0) is 15.0. The summed E-state index contributed by atoms with van der Waals surface area (Å²) in [5.74, 6) is -0.380. The van der Waals surface area contributed by atoms with Crippen LogP contribution in [0.2, 0.25) is 0 Å². The molecule has 0 bridgehead atoms. The van der Waals surface area contributed by atoms with Crippen LogP contribution in [-0.2, 0) is 6.54 Å². The van der Waals surface area contributed by atoms with Gasteiger partial charge in [-0.05, 0) is 37.6 Å².